The molecule has 1 unspecified atom stereocenters. The van der Waals surface area contributed by atoms with Crippen molar-refractivity contribution >= 4 is 0 Å². The van der Waals surface area contributed by atoms with Crippen molar-refractivity contribution in [3.8, 4) is 5.75 Å². The fourth-order valence-corrected chi connectivity index (χ4v) is 0.982. The molecule has 2 nitrogen and oxygen atoms in total. The average Bonchev–Trinajstić information content (AvgIpc) is 2.14. The Morgan fingerprint density at radius 1 is 1.33 bits per heavy atom. The highest BCUT2D eigenvalue weighted by Gasteiger charge is 2.38. The molecule has 0 saturated heterocycles. The summed E-state index contributed by atoms with van der Waals surface area (Å²) in [5.41, 5.74) is 0.729. The van der Waals surface area contributed by atoms with E-state index in [2.05, 4.69) is 0 Å². The molecule has 0 amide bonds. The number of benzene rings is 1. The minimum atomic E-state index is -4.64. The molecule has 0 aliphatic rings. The van der Waals surface area contributed by atoms with Gasteiger partial charge in [0, 0.05) is 0 Å². The van der Waals surface area contributed by atoms with Gasteiger partial charge in [0.25, 0.3) is 0 Å². The first-order valence-electron chi connectivity index (χ1n) is 4.34. The van der Waals surface area contributed by atoms with Gasteiger partial charge in [-0.15, -0.1) is 0 Å². The number of hydrogen-bond donors (Lipinski definition) is 1. The minimum Gasteiger partial charge on any atom is -0.490 e. The fraction of sp³-hybridized carbons (Fsp3) is 0.400. The van der Waals surface area contributed by atoms with E-state index in [1.54, 1.807) is 31.2 Å². The van der Waals surface area contributed by atoms with Crippen LogP contribution >= 0.6 is 0 Å². The summed E-state index contributed by atoms with van der Waals surface area (Å²) in [6, 6.07) is 6.68. The smallest absolute Gasteiger partial charge is 0.417 e. The van der Waals surface area contributed by atoms with Crippen molar-refractivity contribution in [1.82, 2.24) is 0 Å². The Balaban J connectivity index is 2.55. The van der Waals surface area contributed by atoms with E-state index < -0.39 is 18.9 Å². The first-order chi connectivity index (χ1) is 6.91. The monoisotopic (exact) mass is 220 g/mol. The van der Waals surface area contributed by atoms with Crippen LogP contribution in [0, 0.1) is 6.92 Å². The maximum atomic E-state index is 11.9. The second-order valence-electron chi connectivity index (χ2n) is 3.13. The number of para-hydroxylation sites is 1. The van der Waals surface area contributed by atoms with Gasteiger partial charge in [-0.1, -0.05) is 18.2 Å². The number of aliphatic hydroxyl groups excluding tert-OH is 1. The molecule has 0 aromatic heterocycles. The molecule has 0 saturated carbocycles. The molecule has 0 spiro atoms. The van der Waals surface area contributed by atoms with Gasteiger partial charge in [-0.25, -0.2) is 0 Å². The molecule has 0 bridgehead atoms. The van der Waals surface area contributed by atoms with Crippen molar-refractivity contribution in [2.75, 3.05) is 6.61 Å². The first-order valence-corrected chi connectivity index (χ1v) is 4.34. The van der Waals surface area contributed by atoms with E-state index in [1.165, 1.54) is 0 Å². The number of hydrogen-bond acceptors (Lipinski definition) is 2. The zero-order chi connectivity index (χ0) is 11.5. The van der Waals surface area contributed by atoms with E-state index in [0.29, 0.717) is 5.75 Å². The van der Waals surface area contributed by atoms with Gasteiger partial charge in [0.05, 0.1) is 0 Å². The number of ether oxygens (including phenoxy) is 1. The Labute approximate surface area is 85.3 Å². The highest BCUT2D eigenvalue weighted by molar-refractivity contribution is 5.31. The van der Waals surface area contributed by atoms with Gasteiger partial charge in [-0.2, -0.15) is 13.2 Å². The van der Waals surface area contributed by atoms with Crippen LogP contribution in [0.2, 0.25) is 0 Å². The third kappa shape index (κ3) is 3.43. The van der Waals surface area contributed by atoms with E-state index in [4.69, 9.17) is 9.84 Å². The number of halogens is 3. The molecule has 84 valence electrons. The molecule has 0 aliphatic heterocycles. The Bertz CT molecular complexity index is 323. The maximum Gasteiger partial charge on any atom is 0.417 e. The Kier molecular flexibility index (Phi) is 3.57. The second-order valence-corrected chi connectivity index (χ2v) is 3.13. The quantitative estimate of drug-likeness (QED) is 0.846. The molecular weight excluding hydrogens is 209 g/mol. The molecule has 1 rings (SSSR count). The third-order valence-electron chi connectivity index (χ3n) is 1.87. The standard InChI is InChI=1S/C10H11F3O2/c1-7-4-2-3-5-8(7)15-6-9(14)10(11,12)13/h2-5,9,14H,6H2,1H3. The molecule has 1 aromatic rings. The molecule has 0 radical (unpaired) electrons. The minimum absolute atomic E-state index is 0.348. The molecule has 5 heteroatoms. The second kappa shape index (κ2) is 4.53. The molecular formula is C10H11F3O2. The largest absolute Gasteiger partial charge is 0.490 e. The zero-order valence-corrected chi connectivity index (χ0v) is 8.08. The van der Waals surface area contributed by atoms with Crippen LogP contribution in [0.1, 0.15) is 5.56 Å². The number of aryl methyl sites for hydroxylation is 1. The number of rotatable bonds is 3. The Morgan fingerprint density at radius 3 is 2.47 bits per heavy atom. The van der Waals surface area contributed by atoms with Crippen molar-refractivity contribution in [1.29, 1.82) is 0 Å². The van der Waals surface area contributed by atoms with Crippen LogP contribution in [0.4, 0.5) is 13.2 Å². The fourth-order valence-electron chi connectivity index (χ4n) is 0.982. The van der Waals surface area contributed by atoms with Crippen LogP contribution in [0.15, 0.2) is 24.3 Å². The van der Waals surface area contributed by atoms with E-state index in [1.807, 2.05) is 0 Å². The number of alkyl halides is 3. The van der Waals surface area contributed by atoms with Gasteiger partial charge in [0.1, 0.15) is 12.4 Å². The topological polar surface area (TPSA) is 29.5 Å². The van der Waals surface area contributed by atoms with Crippen molar-refractivity contribution in [2.45, 2.75) is 19.2 Å². The SMILES string of the molecule is Cc1ccccc1OCC(O)C(F)(F)F. The Hall–Kier alpha value is -1.23. The average molecular weight is 220 g/mol. The van der Waals surface area contributed by atoms with Crippen molar-refractivity contribution in [2.24, 2.45) is 0 Å². The normalized spacial score (nSPS) is 13.7. The summed E-state index contributed by atoms with van der Waals surface area (Å²) in [5, 5.41) is 8.69. The first kappa shape index (κ1) is 11.8. The highest BCUT2D eigenvalue weighted by Crippen LogP contribution is 2.22. The van der Waals surface area contributed by atoms with Crippen LogP contribution in [-0.4, -0.2) is 24.0 Å². The third-order valence-corrected chi connectivity index (χ3v) is 1.87. The summed E-state index contributed by atoms with van der Waals surface area (Å²) in [5.74, 6) is 0.348. The van der Waals surface area contributed by atoms with Gasteiger partial charge >= 0.3 is 6.18 Å². The lowest BCUT2D eigenvalue weighted by molar-refractivity contribution is -0.210. The number of aliphatic hydroxyl groups is 1. The lowest BCUT2D eigenvalue weighted by Crippen LogP contribution is -2.34. The van der Waals surface area contributed by atoms with Crippen molar-refractivity contribution in [3.63, 3.8) is 0 Å². The summed E-state index contributed by atoms with van der Waals surface area (Å²) < 4.78 is 40.6. The van der Waals surface area contributed by atoms with Crippen LogP contribution in [0.3, 0.4) is 0 Å². The molecule has 0 heterocycles. The summed E-state index contributed by atoms with van der Waals surface area (Å²) in [6.45, 7) is 0.934. The highest BCUT2D eigenvalue weighted by atomic mass is 19.4. The predicted octanol–water partition coefficient (Wildman–Crippen LogP) is 2.30. The maximum absolute atomic E-state index is 11.9. The van der Waals surface area contributed by atoms with E-state index in [-0.39, 0.29) is 0 Å². The molecule has 0 fully saturated rings. The lowest BCUT2D eigenvalue weighted by atomic mass is 10.2. The van der Waals surface area contributed by atoms with Gasteiger partial charge in [-0.05, 0) is 18.6 Å². The van der Waals surface area contributed by atoms with Crippen LogP contribution in [0.25, 0.3) is 0 Å². The molecule has 0 aliphatic carbocycles. The van der Waals surface area contributed by atoms with Crippen LogP contribution in [0.5, 0.6) is 5.75 Å². The summed E-state index contributed by atoms with van der Waals surface area (Å²) in [7, 11) is 0. The lowest BCUT2D eigenvalue weighted by Gasteiger charge is -2.16. The molecule has 1 aromatic carbocycles. The van der Waals surface area contributed by atoms with Crippen LogP contribution in [-0.2, 0) is 0 Å². The summed E-state index contributed by atoms with van der Waals surface area (Å²) >= 11 is 0. The predicted molar refractivity (Wildman–Crippen MR) is 48.7 cm³/mol. The summed E-state index contributed by atoms with van der Waals surface area (Å²) in [4.78, 5) is 0. The van der Waals surface area contributed by atoms with E-state index in [0.717, 1.165) is 5.56 Å². The Morgan fingerprint density at radius 2 is 1.93 bits per heavy atom. The van der Waals surface area contributed by atoms with E-state index >= 15 is 0 Å². The molecule has 1 N–H and O–H groups in total. The van der Waals surface area contributed by atoms with Gasteiger partial charge in [-0.3, -0.25) is 0 Å². The molecule has 1 atom stereocenters. The van der Waals surface area contributed by atoms with Gasteiger partial charge < -0.3 is 9.84 Å². The van der Waals surface area contributed by atoms with Gasteiger partial charge in [0.15, 0.2) is 6.10 Å². The van der Waals surface area contributed by atoms with E-state index in [9.17, 15) is 13.2 Å². The summed E-state index contributed by atoms with van der Waals surface area (Å²) in [6.07, 6.45) is -7.08. The van der Waals surface area contributed by atoms with Crippen molar-refractivity contribution in [3.05, 3.63) is 29.8 Å². The van der Waals surface area contributed by atoms with Gasteiger partial charge in [0.2, 0.25) is 0 Å². The van der Waals surface area contributed by atoms with Crippen molar-refractivity contribution < 1.29 is 23.0 Å². The molecule has 15 heavy (non-hydrogen) atoms. The van der Waals surface area contributed by atoms with Crippen LogP contribution < -0.4 is 4.74 Å². The zero-order valence-electron chi connectivity index (χ0n) is 8.08.